The fourth-order valence-electron chi connectivity index (χ4n) is 8.81. The van der Waals surface area contributed by atoms with Gasteiger partial charge in [-0.3, -0.25) is 0 Å². The number of nitrogens with zero attached hydrogens (tertiary/aromatic N) is 2. The van der Waals surface area contributed by atoms with Gasteiger partial charge < -0.3 is 0 Å². The standard InChI is InChI=1S/C55H38N2S/c1-55(2)48-32-39(35-14-6-3-7-15-35)22-25-44(48)45-26-23-40(33-49(45)55)50-34-51(57-54(56-50)37-18-10-5-11-19-37)43-29-41(36-16-8-4-9-17-36)28-42(30-43)38-24-27-53-47(31-38)46-20-12-13-21-52(46)58-53/h3-34H,1-2H3. The lowest BCUT2D eigenvalue weighted by Crippen LogP contribution is -2.15. The van der Waals surface area contributed by atoms with Crippen molar-refractivity contribution in [2.24, 2.45) is 0 Å². The summed E-state index contributed by atoms with van der Waals surface area (Å²) in [6.45, 7) is 4.70. The predicted octanol–water partition coefficient (Wildman–Crippen LogP) is 15.2. The van der Waals surface area contributed by atoms with Gasteiger partial charge >= 0.3 is 0 Å². The second-order valence-corrected chi connectivity index (χ2v) is 16.9. The summed E-state index contributed by atoms with van der Waals surface area (Å²) in [5.74, 6) is 0.710. The average molecular weight is 759 g/mol. The molecule has 2 aromatic heterocycles. The average Bonchev–Trinajstić information content (AvgIpc) is 3.77. The van der Waals surface area contributed by atoms with Crippen LogP contribution >= 0.6 is 11.3 Å². The molecule has 10 aromatic rings. The summed E-state index contributed by atoms with van der Waals surface area (Å²) in [7, 11) is 0. The first-order valence-corrected chi connectivity index (χ1v) is 20.7. The van der Waals surface area contributed by atoms with E-state index in [9.17, 15) is 0 Å². The minimum Gasteiger partial charge on any atom is -0.228 e. The summed E-state index contributed by atoms with van der Waals surface area (Å²) in [5, 5.41) is 2.59. The van der Waals surface area contributed by atoms with Crippen LogP contribution in [0.5, 0.6) is 0 Å². The Morgan fingerprint density at radius 3 is 1.52 bits per heavy atom. The number of rotatable bonds is 6. The van der Waals surface area contributed by atoms with Gasteiger partial charge in [-0.1, -0.05) is 153 Å². The molecule has 0 radical (unpaired) electrons. The van der Waals surface area contributed by atoms with Gasteiger partial charge in [-0.15, -0.1) is 11.3 Å². The number of benzene rings is 8. The lowest BCUT2D eigenvalue weighted by Gasteiger charge is -2.22. The van der Waals surface area contributed by atoms with Crippen molar-refractivity contribution in [3.8, 4) is 78.4 Å². The zero-order valence-electron chi connectivity index (χ0n) is 32.3. The Labute approximate surface area is 342 Å². The Kier molecular flexibility index (Phi) is 8.06. The van der Waals surface area contributed by atoms with Crippen LogP contribution in [-0.2, 0) is 5.41 Å². The largest absolute Gasteiger partial charge is 0.228 e. The zero-order chi connectivity index (χ0) is 38.8. The van der Waals surface area contributed by atoms with Crippen LogP contribution < -0.4 is 0 Å². The summed E-state index contributed by atoms with van der Waals surface area (Å²) in [5.41, 5.74) is 17.1. The van der Waals surface area contributed by atoms with Gasteiger partial charge in [0, 0.05) is 42.3 Å². The van der Waals surface area contributed by atoms with Crippen molar-refractivity contribution in [3.63, 3.8) is 0 Å². The molecule has 0 saturated carbocycles. The lowest BCUT2D eigenvalue weighted by molar-refractivity contribution is 0.661. The van der Waals surface area contributed by atoms with E-state index in [1.165, 1.54) is 64.7 Å². The van der Waals surface area contributed by atoms with E-state index < -0.39 is 0 Å². The molecule has 0 aliphatic heterocycles. The van der Waals surface area contributed by atoms with Crippen LogP contribution in [0.3, 0.4) is 0 Å². The number of hydrogen-bond acceptors (Lipinski definition) is 3. The molecule has 58 heavy (non-hydrogen) atoms. The van der Waals surface area contributed by atoms with Gasteiger partial charge in [0.15, 0.2) is 5.82 Å². The van der Waals surface area contributed by atoms with Gasteiger partial charge in [-0.05, 0) is 110 Å². The van der Waals surface area contributed by atoms with Crippen molar-refractivity contribution < 1.29 is 0 Å². The topological polar surface area (TPSA) is 25.8 Å². The van der Waals surface area contributed by atoms with E-state index in [-0.39, 0.29) is 5.41 Å². The molecular weight excluding hydrogens is 721 g/mol. The first-order chi connectivity index (χ1) is 28.5. The maximum Gasteiger partial charge on any atom is 0.160 e. The summed E-state index contributed by atoms with van der Waals surface area (Å²) in [4.78, 5) is 10.6. The van der Waals surface area contributed by atoms with Crippen LogP contribution in [0.25, 0.3) is 98.6 Å². The molecule has 8 aromatic carbocycles. The molecule has 2 nitrogen and oxygen atoms in total. The first kappa shape index (κ1) is 34.3. The molecule has 0 amide bonds. The Morgan fingerprint density at radius 1 is 0.345 bits per heavy atom. The van der Waals surface area contributed by atoms with E-state index in [1.807, 2.05) is 17.4 Å². The first-order valence-electron chi connectivity index (χ1n) is 19.9. The fourth-order valence-corrected chi connectivity index (χ4v) is 9.90. The molecule has 1 aliphatic rings. The Bertz CT molecular complexity index is 3180. The summed E-state index contributed by atoms with van der Waals surface area (Å²) in [6.07, 6.45) is 0. The third-order valence-corrected chi connectivity index (χ3v) is 13.0. The highest BCUT2D eigenvalue weighted by molar-refractivity contribution is 7.25. The van der Waals surface area contributed by atoms with Crippen LogP contribution in [0, 0.1) is 0 Å². The number of fused-ring (bicyclic) bond motifs is 6. The monoisotopic (exact) mass is 758 g/mol. The third kappa shape index (κ3) is 5.86. The van der Waals surface area contributed by atoms with E-state index in [1.54, 1.807) is 0 Å². The Balaban J connectivity index is 1.07. The maximum atomic E-state index is 5.31. The molecular formula is C55H38N2S. The fraction of sp³-hybridized carbons (Fsp3) is 0.0545. The van der Waals surface area contributed by atoms with Crippen molar-refractivity contribution >= 4 is 31.5 Å². The Morgan fingerprint density at radius 2 is 0.828 bits per heavy atom. The minimum atomic E-state index is -0.183. The van der Waals surface area contributed by atoms with Crippen LogP contribution in [0.15, 0.2) is 194 Å². The molecule has 0 fully saturated rings. The van der Waals surface area contributed by atoms with Gasteiger partial charge in [0.05, 0.1) is 11.4 Å². The molecule has 3 heteroatoms. The molecule has 0 spiro atoms. The Hall–Kier alpha value is -6.94. The van der Waals surface area contributed by atoms with Gasteiger partial charge in [-0.25, -0.2) is 9.97 Å². The second kappa shape index (κ2) is 13.6. The van der Waals surface area contributed by atoms with E-state index in [2.05, 4.69) is 202 Å². The van der Waals surface area contributed by atoms with Crippen LogP contribution in [0.2, 0.25) is 0 Å². The SMILES string of the molecule is CC1(C)c2cc(-c3ccccc3)ccc2-c2ccc(-c3cc(-c4cc(-c5ccccc5)cc(-c5ccc6sc7ccccc7c6c5)c4)nc(-c4ccccc4)n3)cc21. The molecule has 274 valence electrons. The van der Waals surface area contributed by atoms with E-state index in [0.29, 0.717) is 5.82 Å². The molecule has 11 rings (SSSR count). The van der Waals surface area contributed by atoms with Crippen molar-refractivity contribution in [1.29, 1.82) is 0 Å². The van der Waals surface area contributed by atoms with Crippen LogP contribution in [0.4, 0.5) is 0 Å². The highest BCUT2D eigenvalue weighted by atomic mass is 32.1. The van der Waals surface area contributed by atoms with Crippen molar-refractivity contribution in [3.05, 3.63) is 205 Å². The number of aromatic nitrogens is 2. The van der Waals surface area contributed by atoms with Gasteiger partial charge in [0.1, 0.15) is 0 Å². The number of thiophene rings is 1. The van der Waals surface area contributed by atoms with Gasteiger partial charge in [-0.2, -0.15) is 0 Å². The molecule has 0 bridgehead atoms. The van der Waals surface area contributed by atoms with Crippen molar-refractivity contribution in [2.75, 3.05) is 0 Å². The molecule has 0 N–H and O–H groups in total. The molecule has 0 saturated heterocycles. The lowest BCUT2D eigenvalue weighted by atomic mass is 9.81. The maximum absolute atomic E-state index is 5.31. The number of hydrogen-bond donors (Lipinski definition) is 0. The van der Waals surface area contributed by atoms with Crippen molar-refractivity contribution in [2.45, 2.75) is 19.3 Å². The molecule has 1 aliphatic carbocycles. The normalized spacial score (nSPS) is 12.8. The van der Waals surface area contributed by atoms with E-state index in [0.717, 1.165) is 39.2 Å². The van der Waals surface area contributed by atoms with Crippen molar-refractivity contribution in [1.82, 2.24) is 9.97 Å². The smallest absolute Gasteiger partial charge is 0.160 e. The summed E-state index contributed by atoms with van der Waals surface area (Å²) >= 11 is 1.85. The molecule has 0 unspecified atom stereocenters. The second-order valence-electron chi connectivity index (χ2n) is 15.8. The minimum absolute atomic E-state index is 0.183. The van der Waals surface area contributed by atoms with Gasteiger partial charge in [0.2, 0.25) is 0 Å². The summed E-state index contributed by atoms with van der Waals surface area (Å²) < 4.78 is 2.61. The molecule has 2 heterocycles. The van der Waals surface area contributed by atoms with E-state index in [4.69, 9.17) is 9.97 Å². The predicted molar refractivity (Wildman–Crippen MR) is 245 cm³/mol. The quantitative estimate of drug-likeness (QED) is 0.169. The third-order valence-electron chi connectivity index (χ3n) is 11.9. The van der Waals surface area contributed by atoms with Gasteiger partial charge in [0.25, 0.3) is 0 Å². The highest BCUT2D eigenvalue weighted by Gasteiger charge is 2.36. The summed E-state index contributed by atoms with van der Waals surface area (Å²) in [6, 6.07) is 70.2. The van der Waals surface area contributed by atoms with Crippen LogP contribution in [0.1, 0.15) is 25.0 Å². The van der Waals surface area contributed by atoms with E-state index >= 15 is 0 Å². The highest BCUT2D eigenvalue weighted by Crippen LogP contribution is 2.51. The van der Waals surface area contributed by atoms with Crippen LogP contribution in [-0.4, -0.2) is 9.97 Å². The molecule has 0 atom stereocenters. The zero-order valence-corrected chi connectivity index (χ0v) is 33.1.